The molecule has 3 aromatic carbocycles. The first-order valence-corrected chi connectivity index (χ1v) is 12.8. The second-order valence-electron chi connectivity index (χ2n) is 9.63. The number of hydrogen-bond donors (Lipinski definition) is 2. The Morgan fingerprint density at radius 2 is 1.76 bits per heavy atom. The lowest BCUT2D eigenvalue weighted by Gasteiger charge is -2.47. The van der Waals surface area contributed by atoms with Crippen LogP contribution >= 0.6 is 0 Å². The van der Waals surface area contributed by atoms with Crippen LogP contribution in [0.2, 0.25) is 0 Å². The molecule has 0 amide bonds. The van der Waals surface area contributed by atoms with E-state index in [-0.39, 0.29) is 28.1 Å². The van der Waals surface area contributed by atoms with Crippen molar-refractivity contribution in [2.24, 2.45) is 4.99 Å². The van der Waals surface area contributed by atoms with Gasteiger partial charge in [-0.15, -0.1) is 0 Å². The highest BCUT2D eigenvalue weighted by Gasteiger charge is 2.45. The highest BCUT2D eigenvalue weighted by atomic mass is 19.4. The van der Waals surface area contributed by atoms with Gasteiger partial charge in [-0.25, -0.2) is 14.3 Å². The molecule has 1 unspecified atom stereocenters. The normalized spacial score (nSPS) is 19.3. The molecule has 3 aromatic rings. The van der Waals surface area contributed by atoms with Crippen LogP contribution in [0.5, 0.6) is 5.75 Å². The van der Waals surface area contributed by atoms with Gasteiger partial charge >= 0.3 is 18.1 Å². The number of aliphatic imine (C=N–C) groups is 1. The molecular weight excluding hydrogens is 544 g/mol. The van der Waals surface area contributed by atoms with Crippen molar-refractivity contribution in [3.63, 3.8) is 0 Å². The minimum Gasteiger partial charge on any atom is -0.497 e. The van der Waals surface area contributed by atoms with E-state index < -0.39 is 35.9 Å². The van der Waals surface area contributed by atoms with Gasteiger partial charge in [0, 0.05) is 50.6 Å². The maximum absolute atomic E-state index is 15.4. The van der Waals surface area contributed by atoms with Crippen LogP contribution in [0, 0.1) is 5.82 Å². The Balaban J connectivity index is 1.55. The quantitative estimate of drug-likeness (QED) is 0.372. The first-order chi connectivity index (χ1) is 19.6. The van der Waals surface area contributed by atoms with Gasteiger partial charge in [-0.2, -0.15) is 13.2 Å². The molecule has 0 spiro atoms. The molecule has 1 fully saturated rings. The minimum atomic E-state index is -4.69. The molecule has 2 N–H and O–H groups in total. The molecule has 12 heteroatoms. The summed E-state index contributed by atoms with van der Waals surface area (Å²) < 4.78 is 68.3. The molecule has 8 nitrogen and oxygen atoms in total. The number of hydrogen-bond acceptors (Lipinski definition) is 7. The summed E-state index contributed by atoms with van der Waals surface area (Å²) >= 11 is 0. The van der Waals surface area contributed by atoms with Gasteiger partial charge in [0.05, 0.1) is 30.5 Å². The van der Waals surface area contributed by atoms with E-state index in [4.69, 9.17) is 9.47 Å². The average Bonchev–Trinajstić information content (AvgIpc) is 2.97. The number of benzene rings is 3. The highest BCUT2D eigenvalue weighted by molar-refractivity contribution is 6.17. The molecule has 0 saturated carbocycles. The predicted molar refractivity (Wildman–Crippen MR) is 146 cm³/mol. The Bertz CT molecular complexity index is 1490. The third-order valence-electron chi connectivity index (χ3n) is 7.27. The van der Waals surface area contributed by atoms with Crippen molar-refractivity contribution < 1.29 is 36.9 Å². The third-order valence-corrected chi connectivity index (χ3v) is 7.27. The summed E-state index contributed by atoms with van der Waals surface area (Å²) in [6.07, 6.45) is -5.35. The Labute approximate surface area is 233 Å². The van der Waals surface area contributed by atoms with Crippen molar-refractivity contribution in [2.75, 3.05) is 50.6 Å². The Kier molecular flexibility index (Phi) is 7.62. The van der Waals surface area contributed by atoms with Crippen LogP contribution in [0.25, 0.3) is 11.1 Å². The first-order valence-electron chi connectivity index (χ1n) is 12.8. The zero-order valence-electron chi connectivity index (χ0n) is 22.3. The monoisotopic (exact) mass is 572 g/mol. The van der Waals surface area contributed by atoms with Crippen LogP contribution < -0.4 is 15.0 Å². The maximum Gasteiger partial charge on any atom is 0.417 e. The summed E-state index contributed by atoms with van der Waals surface area (Å²) in [5.74, 6) is -3.02. The number of methoxy groups -OCH3 is 2. The molecule has 5 rings (SSSR count). The highest BCUT2D eigenvalue weighted by Crippen LogP contribution is 2.43. The Hall–Kier alpha value is -4.16. The van der Waals surface area contributed by atoms with Crippen LogP contribution in [0.3, 0.4) is 0 Å². The predicted octanol–water partition coefficient (Wildman–Crippen LogP) is 5.29. The van der Waals surface area contributed by atoms with E-state index in [1.165, 1.54) is 31.4 Å². The van der Waals surface area contributed by atoms with Crippen LogP contribution in [-0.2, 0) is 15.7 Å². The van der Waals surface area contributed by atoms with E-state index in [9.17, 15) is 23.1 Å². The minimum absolute atomic E-state index is 0.00868. The van der Waals surface area contributed by atoms with Gasteiger partial charge in [-0.05, 0) is 35.4 Å². The first kappa shape index (κ1) is 28.4. The van der Waals surface area contributed by atoms with Crippen molar-refractivity contribution >= 4 is 23.1 Å². The summed E-state index contributed by atoms with van der Waals surface area (Å²) in [5.41, 5.74) is -0.515. The summed E-state index contributed by atoms with van der Waals surface area (Å²) in [6, 6.07) is 14.8. The molecule has 0 bridgehead atoms. The third kappa shape index (κ3) is 5.44. The van der Waals surface area contributed by atoms with Crippen molar-refractivity contribution in [2.45, 2.75) is 18.6 Å². The maximum atomic E-state index is 15.4. The molecule has 0 radical (unpaired) electrons. The molecule has 216 valence electrons. The van der Waals surface area contributed by atoms with E-state index in [2.05, 4.69) is 15.2 Å². The number of alkyl halides is 3. The Morgan fingerprint density at radius 1 is 1.02 bits per heavy atom. The van der Waals surface area contributed by atoms with Gasteiger partial charge in [0.25, 0.3) is 0 Å². The molecule has 2 aliphatic heterocycles. The number of nitrogens with zero attached hydrogens (tertiary/aromatic N) is 3. The molecule has 0 aromatic heterocycles. The molecule has 41 heavy (non-hydrogen) atoms. The zero-order valence-corrected chi connectivity index (χ0v) is 22.3. The van der Waals surface area contributed by atoms with Gasteiger partial charge in [0.15, 0.2) is 0 Å². The summed E-state index contributed by atoms with van der Waals surface area (Å²) in [6.45, 7) is 1.88. The summed E-state index contributed by atoms with van der Waals surface area (Å²) in [5, 5.41) is 12.7. The largest absolute Gasteiger partial charge is 0.497 e. The van der Waals surface area contributed by atoms with E-state index in [1.807, 2.05) is 29.2 Å². The van der Waals surface area contributed by atoms with E-state index in [1.54, 1.807) is 7.11 Å². The lowest BCUT2D eigenvalue weighted by Crippen LogP contribution is -2.62. The van der Waals surface area contributed by atoms with Crippen molar-refractivity contribution in [1.82, 2.24) is 4.90 Å². The molecule has 1 saturated heterocycles. The molecule has 1 atom stereocenters. The molecule has 0 aliphatic carbocycles. The number of ether oxygens (including phenoxy) is 2. The number of halogens is 4. The van der Waals surface area contributed by atoms with E-state index in [0.29, 0.717) is 31.9 Å². The van der Waals surface area contributed by atoms with Crippen LogP contribution in [-0.4, -0.2) is 68.1 Å². The molecule has 2 heterocycles. The number of anilines is 2. The lowest BCUT2D eigenvalue weighted by atomic mass is 9.89. The number of aliphatic carboxylic acids is 1. The van der Waals surface area contributed by atoms with Gasteiger partial charge in [-0.3, -0.25) is 4.79 Å². The Morgan fingerprint density at radius 3 is 2.41 bits per heavy atom. The fourth-order valence-electron chi connectivity index (χ4n) is 5.34. The van der Waals surface area contributed by atoms with Crippen molar-refractivity contribution in [3.8, 4) is 16.9 Å². The second-order valence-corrected chi connectivity index (χ2v) is 9.63. The fraction of sp³-hybridized carbons (Fsp3) is 0.310. The summed E-state index contributed by atoms with van der Waals surface area (Å²) in [7, 11) is 2.94. The van der Waals surface area contributed by atoms with Gasteiger partial charge in [0.2, 0.25) is 0 Å². The van der Waals surface area contributed by atoms with Gasteiger partial charge in [-0.1, -0.05) is 30.3 Å². The number of rotatable bonds is 7. The van der Waals surface area contributed by atoms with E-state index >= 15 is 4.39 Å². The number of piperazine rings is 1. The molecule has 2 aliphatic rings. The zero-order chi connectivity index (χ0) is 29.4. The smallest absolute Gasteiger partial charge is 0.417 e. The number of fused-ring (bicyclic) bond motifs is 1. The SMILES string of the molecule is COc1cccc(N2CCN(C3(OC)N=C(CC(=O)O)c4c(-c5ccccc5C(F)(F)F)ccc(F)c4N3)CC2)c1. The average molecular weight is 573 g/mol. The van der Waals surface area contributed by atoms with Crippen molar-refractivity contribution in [1.29, 1.82) is 0 Å². The number of carboxylic acids is 1. The standard InChI is InChI=1S/C29H28F4N4O4/c1-40-19-7-5-6-18(16-19)36-12-14-37(15-13-36)29(41-2)34-24(17-25(38)39)26-21(10-11-23(30)27(26)35-29)20-8-3-4-9-22(20)28(31,32)33/h3-11,16,35H,12-15,17H2,1-2H3,(H,38,39). The van der Waals surface area contributed by atoms with Crippen molar-refractivity contribution in [3.05, 3.63) is 77.6 Å². The molecular formula is C29H28F4N4O4. The van der Waals surface area contributed by atoms with Gasteiger partial charge in [0.1, 0.15) is 11.6 Å². The number of carbonyl (C=O) groups is 1. The van der Waals surface area contributed by atoms with Crippen LogP contribution in [0.15, 0.2) is 65.7 Å². The lowest BCUT2D eigenvalue weighted by molar-refractivity contribution is -0.137. The van der Waals surface area contributed by atoms with Crippen LogP contribution in [0.1, 0.15) is 17.5 Å². The summed E-state index contributed by atoms with van der Waals surface area (Å²) in [4.78, 5) is 20.5. The number of carboxylic acid groups (broad SMARTS) is 1. The second kappa shape index (κ2) is 11.0. The van der Waals surface area contributed by atoms with Crippen LogP contribution in [0.4, 0.5) is 28.9 Å². The topological polar surface area (TPSA) is 86.6 Å². The van der Waals surface area contributed by atoms with Gasteiger partial charge < -0.3 is 24.8 Å². The van der Waals surface area contributed by atoms with E-state index in [0.717, 1.165) is 17.8 Å². The number of nitrogens with one attached hydrogen (secondary N) is 1. The fourth-order valence-corrected chi connectivity index (χ4v) is 5.34.